The molecule has 0 saturated carbocycles. The normalized spacial score (nSPS) is 11.3. The lowest BCUT2D eigenvalue weighted by atomic mass is 9.99. The molecule has 0 radical (unpaired) electrons. The molecule has 0 saturated heterocycles. The van der Waals surface area contributed by atoms with E-state index in [9.17, 15) is 15.6 Å². The molecule has 0 fully saturated rings. The molecule has 9 aromatic carbocycles. The summed E-state index contributed by atoms with van der Waals surface area (Å²) in [4.78, 5) is 4.32. The van der Waals surface area contributed by atoms with Crippen LogP contribution in [0.5, 0.6) is 5.75 Å². The lowest BCUT2D eigenvalue weighted by Crippen LogP contribution is -2.10. The molecule has 7 heteroatoms. The molecule has 11 rings (SSSR count). The lowest BCUT2D eigenvalue weighted by molar-refractivity contribution is 0.477. The van der Waals surface area contributed by atoms with E-state index in [-0.39, 0.29) is 5.75 Å². The lowest BCUT2D eigenvalue weighted by Gasteiger charge is -2.27. The highest BCUT2D eigenvalue weighted by atomic mass is 16.3. The van der Waals surface area contributed by atoms with E-state index in [0.29, 0.717) is 22.3 Å². The highest BCUT2D eigenvalue weighted by Gasteiger charge is 2.24. The first-order valence-electron chi connectivity index (χ1n) is 19.8. The average Bonchev–Trinajstić information content (AvgIpc) is 3.89. The van der Waals surface area contributed by atoms with Crippen LogP contribution in [-0.4, -0.2) is 5.11 Å². The first-order valence-corrected chi connectivity index (χ1v) is 19.8. The van der Waals surface area contributed by atoms with E-state index in [4.69, 9.17) is 8.83 Å². The third-order valence-electron chi connectivity index (χ3n) is 11.4. The number of hydrogen-bond acceptors (Lipinski definition) is 7. The minimum Gasteiger partial charge on any atom is -0.507 e. The number of fused-ring (bicyclic) bond motifs is 8. The number of aromatic hydroxyl groups is 1. The first kappa shape index (κ1) is 35.4. The van der Waals surface area contributed by atoms with Crippen molar-refractivity contribution < 1.29 is 13.9 Å². The minimum absolute atomic E-state index is 0.199. The summed E-state index contributed by atoms with van der Waals surface area (Å²) in [5.41, 5.74) is 10.9. The van der Waals surface area contributed by atoms with Crippen LogP contribution in [0.1, 0.15) is 11.1 Å². The molecule has 0 aliphatic rings. The average molecular weight is 785 g/mol. The highest BCUT2D eigenvalue weighted by molar-refractivity contribution is 6.23. The number of hydrogen-bond donors (Lipinski definition) is 1. The second-order valence-electron chi connectivity index (χ2n) is 14.9. The van der Waals surface area contributed by atoms with Gasteiger partial charge in [-0.05, 0) is 102 Å². The Balaban J connectivity index is 1.12. The molecule has 61 heavy (non-hydrogen) atoms. The van der Waals surface area contributed by atoms with Gasteiger partial charge < -0.3 is 23.7 Å². The smallest absolute Gasteiger partial charge is 0.159 e. The second-order valence-corrected chi connectivity index (χ2v) is 14.9. The molecule has 0 spiro atoms. The number of anilines is 6. The first-order chi connectivity index (χ1) is 30.1. The summed E-state index contributed by atoms with van der Waals surface area (Å²) >= 11 is 0. The predicted molar refractivity (Wildman–Crippen MR) is 244 cm³/mol. The molecule has 0 unspecified atom stereocenters. The van der Waals surface area contributed by atoms with Crippen molar-refractivity contribution >= 4 is 88.8 Å². The molecule has 0 aliphatic heterocycles. The quantitative estimate of drug-likeness (QED) is 0.172. The van der Waals surface area contributed by atoms with E-state index in [0.717, 1.165) is 88.7 Å². The van der Waals surface area contributed by atoms with Crippen molar-refractivity contribution in [3.63, 3.8) is 0 Å². The highest BCUT2D eigenvalue weighted by Crippen LogP contribution is 2.48. The van der Waals surface area contributed by atoms with Gasteiger partial charge in [0.1, 0.15) is 22.5 Å². The van der Waals surface area contributed by atoms with Crippen LogP contribution >= 0.6 is 0 Å². The Kier molecular flexibility index (Phi) is 8.27. The molecule has 0 atom stereocenters. The van der Waals surface area contributed by atoms with Crippen LogP contribution in [0.3, 0.4) is 0 Å². The van der Waals surface area contributed by atoms with Gasteiger partial charge in [-0.1, -0.05) is 84.9 Å². The van der Waals surface area contributed by atoms with Crippen LogP contribution in [0.25, 0.3) is 65.8 Å². The van der Waals surface area contributed by atoms with Gasteiger partial charge in [0.15, 0.2) is 5.58 Å². The largest absolute Gasteiger partial charge is 0.507 e. The minimum atomic E-state index is 0.199. The van der Waals surface area contributed by atoms with E-state index in [1.54, 1.807) is 6.07 Å². The number of phenolic OH excluding ortho intramolecular Hbond substituents is 1. The Morgan fingerprint density at radius 3 is 1.75 bits per heavy atom. The molecule has 11 aromatic rings. The Morgan fingerprint density at radius 1 is 0.410 bits per heavy atom. The van der Waals surface area contributed by atoms with Crippen LogP contribution in [0.15, 0.2) is 197 Å². The van der Waals surface area contributed by atoms with Crippen molar-refractivity contribution in [3.05, 3.63) is 199 Å². The summed E-state index contributed by atoms with van der Waals surface area (Å²) in [5.74, 6) is 0.199. The van der Waals surface area contributed by atoms with Crippen LogP contribution in [0.4, 0.5) is 34.1 Å². The van der Waals surface area contributed by atoms with E-state index in [1.165, 1.54) is 0 Å². The van der Waals surface area contributed by atoms with Gasteiger partial charge in [-0.3, -0.25) is 0 Å². The molecule has 2 heterocycles. The van der Waals surface area contributed by atoms with Gasteiger partial charge in [0.2, 0.25) is 0 Å². The molecule has 0 aliphatic carbocycles. The monoisotopic (exact) mass is 784 g/mol. The van der Waals surface area contributed by atoms with E-state index < -0.39 is 0 Å². The molecule has 0 bridgehead atoms. The van der Waals surface area contributed by atoms with Crippen LogP contribution < -0.4 is 9.80 Å². The van der Waals surface area contributed by atoms with E-state index >= 15 is 0 Å². The number of nitrogens with zero attached hydrogens (tertiary/aromatic N) is 4. The van der Waals surface area contributed by atoms with Gasteiger partial charge in [-0.15, -0.1) is 0 Å². The third kappa shape index (κ3) is 5.88. The summed E-state index contributed by atoms with van der Waals surface area (Å²) in [5, 5.41) is 36.2. The maximum absolute atomic E-state index is 10.8. The van der Waals surface area contributed by atoms with Gasteiger partial charge >= 0.3 is 0 Å². The number of furan rings is 2. The van der Waals surface area contributed by atoms with Crippen molar-refractivity contribution in [3.8, 4) is 29.0 Å². The van der Waals surface area contributed by atoms with Gasteiger partial charge in [-0.2, -0.15) is 10.5 Å². The SMILES string of the molecule is N#Cc1ccc(N(c2cccc(-c3ccccc3O)c2)c2cc3oc4cc(N(c5ccc(C#N)cc5)c5cccc6c5oc5ccccc56)ccc4c3c3ccccc23)cc1. The number of rotatable bonds is 7. The maximum atomic E-state index is 10.8. The summed E-state index contributed by atoms with van der Waals surface area (Å²) in [7, 11) is 0. The number of para-hydroxylation sites is 3. The Labute approximate surface area is 350 Å². The van der Waals surface area contributed by atoms with Gasteiger partial charge in [0.05, 0.1) is 40.3 Å². The van der Waals surface area contributed by atoms with E-state index in [1.807, 2.05) is 121 Å². The number of phenols is 1. The van der Waals surface area contributed by atoms with Crippen molar-refractivity contribution in [2.45, 2.75) is 0 Å². The Bertz CT molecular complexity index is 3590. The number of benzene rings is 9. The second kappa shape index (κ2) is 14.2. The fraction of sp³-hybridized carbons (Fsp3) is 0. The predicted octanol–water partition coefficient (Wildman–Crippen LogP) is 14.7. The van der Waals surface area contributed by atoms with Crippen molar-refractivity contribution in [2.75, 3.05) is 9.80 Å². The van der Waals surface area contributed by atoms with Crippen molar-refractivity contribution in [2.24, 2.45) is 0 Å². The molecular formula is C54H32N4O3. The van der Waals surface area contributed by atoms with Crippen molar-refractivity contribution in [1.29, 1.82) is 10.5 Å². The summed E-state index contributed by atoms with van der Waals surface area (Å²) < 4.78 is 13.5. The molecule has 7 nitrogen and oxygen atoms in total. The third-order valence-corrected chi connectivity index (χ3v) is 11.4. The van der Waals surface area contributed by atoms with E-state index in [2.05, 4.69) is 82.6 Å². The maximum Gasteiger partial charge on any atom is 0.159 e. The van der Waals surface area contributed by atoms with Crippen molar-refractivity contribution in [1.82, 2.24) is 0 Å². The van der Waals surface area contributed by atoms with Gasteiger partial charge in [-0.25, -0.2) is 0 Å². The fourth-order valence-electron chi connectivity index (χ4n) is 8.60. The Hall–Kier alpha value is -8.78. The zero-order valence-corrected chi connectivity index (χ0v) is 32.5. The zero-order valence-electron chi connectivity index (χ0n) is 32.5. The molecular weight excluding hydrogens is 753 g/mol. The molecule has 2 aromatic heterocycles. The van der Waals surface area contributed by atoms with Crippen LogP contribution in [0, 0.1) is 22.7 Å². The standard InChI is InChI=1S/C54H32N4O3/c55-32-34-19-23-37(24-20-34)57(47-16-8-15-45-43-13-4-6-18-50(43)61-54(45)47)40-27-28-46-51(30-40)60-52-31-48(42-12-1-2-14-44(42)53(46)52)58(38-25-21-35(33-56)22-26-38)39-10-7-9-36(29-39)41-11-3-5-17-49(41)59/h1-31,59H. The molecule has 286 valence electrons. The molecule has 1 N–H and O–H groups in total. The fourth-order valence-corrected chi connectivity index (χ4v) is 8.60. The Morgan fingerprint density at radius 2 is 1.02 bits per heavy atom. The summed E-state index contributed by atoms with van der Waals surface area (Å²) in [6.45, 7) is 0. The van der Waals surface area contributed by atoms with Gasteiger partial charge in [0, 0.05) is 61.7 Å². The van der Waals surface area contributed by atoms with Gasteiger partial charge in [0.25, 0.3) is 0 Å². The zero-order chi connectivity index (χ0) is 41.0. The topological polar surface area (TPSA) is 101 Å². The van der Waals surface area contributed by atoms with Crippen LogP contribution in [-0.2, 0) is 0 Å². The number of nitriles is 2. The summed E-state index contributed by atoms with van der Waals surface area (Å²) in [6.07, 6.45) is 0. The molecule has 0 amide bonds. The van der Waals surface area contributed by atoms with Crippen LogP contribution in [0.2, 0.25) is 0 Å². The summed E-state index contributed by atoms with van der Waals surface area (Å²) in [6, 6.07) is 66.0.